The highest BCUT2D eigenvalue weighted by atomic mass is 19.4. The lowest BCUT2D eigenvalue weighted by atomic mass is 10.1. The van der Waals surface area contributed by atoms with Crippen molar-refractivity contribution in [2.75, 3.05) is 13.1 Å². The highest BCUT2D eigenvalue weighted by Gasteiger charge is 2.39. The van der Waals surface area contributed by atoms with E-state index in [0.717, 1.165) is 19.4 Å². The molecule has 0 unspecified atom stereocenters. The Bertz CT molecular complexity index is 696. The summed E-state index contributed by atoms with van der Waals surface area (Å²) in [5, 5.41) is 21.8. The number of halogens is 3. The maximum absolute atomic E-state index is 12.5. The van der Waals surface area contributed by atoms with Crippen LogP contribution < -0.4 is 16.4 Å². The lowest BCUT2D eigenvalue weighted by Gasteiger charge is -2.27. The fourth-order valence-corrected chi connectivity index (χ4v) is 3.21. The van der Waals surface area contributed by atoms with Gasteiger partial charge in [0.05, 0.1) is 6.04 Å². The Morgan fingerprint density at radius 3 is 2.19 bits per heavy atom. The molecule has 2 aliphatic heterocycles. The number of carboxylic acids is 2. The van der Waals surface area contributed by atoms with Crippen molar-refractivity contribution < 1.29 is 47.4 Å². The monoisotopic (exact) mass is 454 g/mol. The van der Waals surface area contributed by atoms with Crippen LogP contribution in [-0.2, 0) is 24.0 Å². The molecule has 3 amide bonds. The fraction of sp³-hybridized carbons (Fsp3) is 0.706. The number of hydrogen-bond acceptors (Lipinski definition) is 6. The molecule has 0 bridgehead atoms. The number of amides is 3. The van der Waals surface area contributed by atoms with E-state index in [1.807, 2.05) is 0 Å². The average molecular weight is 454 g/mol. The molecule has 6 N–H and O–H groups in total. The maximum Gasteiger partial charge on any atom is 0.490 e. The van der Waals surface area contributed by atoms with E-state index in [1.165, 1.54) is 4.90 Å². The predicted molar refractivity (Wildman–Crippen MR) is 97.4 cm³/mol. The molecule has 0 spiro atoms. The van der Waals surface area contributed by atoms with Gasteiger partial charge >= 0.3 is 18.1 Å². The minimum absolute atomic E-state index is 0.0682. The summed E-state index contributed by atoms with van der Waals surface area (Å²) in [4.78, 5) is 57.4. The predicted octanol–water partition coefficient (Wildman–Crippen LogP) is -0.802. The second kappa shape index (κ2) is 11.5. The Morgan fingerprint density at radius 2 is 1.74 bits per heavy atom. The number of hydrogen-bond donors (Lipinski definition) is 5. The molecule has 0 aromatic heterocycles. The van der Waals surface area contributed by atoms with Crippen molar-refractivity contribution in [1.82, 2.24) is 15.5 Å². The summed E-state index contributed by atoms with van der Waals surface area (Å²) >= 11 is 0. The number of carbonyl (C=O) groups is 5. The number of primary amides is 1. The SMILES string of the molecule is NC(=O)CC[C@H](NC(=O)[C@@H]1CCCN1C(=O)[C@@H]1CCCN1)C(=O)O.O=C(O)C(F)(F)F. The van der Waals surface area contributed by atoms with Crippen molar-refractivity contribution in [3.05, 3.63) is 0 Å². The Kier molecular flexibility index (Phi) is 9.68. The molecule has 0 aromatic carbocycles. The molecule has 0 saturated carbocycles. The number of aliphatic carboxylic acids is 2. The molecule has 0 radical (unpaired) electrons. The highest BCUT2D eigenvalue weighted by molar-refractivity contribution is 5.92. The van der Waals surface area contributed by atoms with Crippen LogP contribution in [0.4, 0.5) is 13.2 Å². The zero-order valence-corrected chi connectivity index (χ0v) is 16.5. The van der Waals surface area contributed by atoms with Gasteiger partial charge in [0, 0.05) is 13.0 Å². The number of carbonyl (C=O) groups excluding carboxylic acids is 3. The van der Waals surface area contributed by atoms with Gasteiger partial charge in [-0.3, -0.25) is 14.4 Å². The smallest absolute Gasteiger partial charge is 0.480 e. The Labute approximate surface area is 175 Å². The molecule has 11 nitrogen and oxygen atoms in total. The lowest BCUT2D eigenvalue weighted by molar-refractivity contribution is -0.192. The highest BCUT2D eigenvalue weighted by Crippen LogP contribution is 2.21. The van der Waals surface area contributed by atoms with Crippen LogP contribution in [0.5, 0.6) is 0 Å². The minimum Gasteiger partial charge on any atom is -0.480 e. The standard InChI is InChI=1S/C15H24N4O5.C2HF3O2/c16-12(20)6-5-10(15(23)24)18-13(21)11-4-2-8-19(11)14(22)9-3-1-7-17-9;3-2(4,5)1(6)7/h9-11,17H,1-8H2,(H2,16,20)(H,18,21)(H,23,24);(H,6,7)/t9-,10-,11-;/m0./s1. The van der Waals surface area contributed by atoms with Crippen LogP contribution in [0.3, 0.4) is 0 Å². The van der Waals surface area contributed by atoms with Gasteiger partial charge in [0.2, 0.25) is 17.7 Å². The molecule has 0 aliphatic carbocycles. The Hall–Kier alpha value is -2.90. The first-order chi connectivity index (χ1) is 14.3. The molecule has 31 heavy (non-hydrogen) atoms. The Morgan fingerprint density at radius 1 is 1.13 bits per heavy atom. The first-order valence-corrected chi connectivity index (χ1v) is 9.50. The van der Waals surface area contributed by atoms with Gasteiger partial charge in [-0.15, -0.1) is 0 Å². The molecular formula is C17H25F3N4O7. The van der Waals surface area contributed by atoms with Crippen LogP contribution >= 0.6 is 0 Å². The second-order valence-corrected chi connectivity index (χ2v) is 7.05. The summed E-state index contributed by atoms with van der Waals surface area (Å²) in [7, 11) is 0. The van der Waals surface area contributed by atoms with Crippen LogP contribution in [0.25, 0.3) is 0 Å². The number of rotatable bonds is 7. The van der Waals surface area contributed by atoms with Gasteiger partial charge in [-0.2, -0.15) is 13.2 Å². The van der Waals surface area contributed by atoms with E-state index in [2.05, 4.69) is 10.6 Å². The molecule has 2 saturated heterocycles. The van der Waals surface area contributed by atoms with Crippen LogP contribution in [0.2, 0.25) is 0 Å². The molecule has 2 aliphatic rings. The Balaban J connectivity index is 0.000000592. The molecule has 2 fully saturated rings. The first-order valence-electron chi connectivity index (χ1n) is 9.50. The van der Waals surface area contributed by atoms with Gasteiger partial charge in [0.25, 0.3) is 0 Å². The van der Waals surface area contributed by atoms with Gasteiger partial charge in [-0.25, -0.2) is 9.59 Å². The van der Waals surface area contributed by atoms with E-state index >= 15 is 0 Å². The lowest BCUT2D eigenvalue weighted by Crippen LogP contribution is -2.53. The third kappa shape index (κ3) is 8.39. The fourth-order valence-electron chi connectivity index (χ4n) is 3.21. The maximum atomic E-state index is 12.5. The average Bonchev–Trinajstić information content (AvgIpc) is 3.35. The van der Waals surface area contributed by atoms with E-state index in [4.69, 9.17) is 20.7 Å². The van der Waals surface area contributed by atoms with Gasteiger partial charge in [-0.1, -0.05) is 0 Å². The van der Waals surface area contributed by atoms with Crippen molar-refractivity contribution in [1.29, 1.82) is 0 Å². The summed E-state index contributed by atoms with van der Waals surface area (Å²) < 4.78 is 31.7. The quantitative estimate of drug-likeness (QED) is 0.332. The van der Waals surface area contributed by atoms with E-state index in [1.54, 1.807) is 0 Å². The third-order valence-electron chi connectivity index (χ3n) is 4.73. The van der Waals surface area contributed by atoms with Crippen molar-refractivity contribution in [2.45, 2.75) is 62.8 Å². The molecular weight excluding hydrogens is 429 g/mol. The van der Waals surface area contributed by atoms with Gasteiger partial charge in [0.15, 0.2) is 0 Å². The molecule has 3 atom stereocenters. The molecule has 14 heteroatoms. The topological polar surface area (TPSA) is 179 Å². The van der Waals surface area contributed by atoms with Crippen molar-refractivity contribution in [2.24, 2.45) is 5.73 Å². The number of carboxylic acid groups (broad SMARTS) is 2. The molecule has 176 valence electrons. The van der Waals surface area contributed by atoms with Crippen molar-refractivity contribution in [3.8, 4) is 0 Å². The minimum atomic E-state index is -5.08. The number of nitrogens with zero attached hydrogens (tertiary/aromatic N) is 1. The number of alkyl halides is 3. The number of nitrogens with one attached hydrogen (secondary N) is 2. The first kappa shape index (κ1) is 26.1. The largest absolute Gasteiger partial charge is 0.490 e. The normalized spacial score (nSPS) is 21.6. The third-order valence-corrected chi connectivity index (χ3v) is 4.73. The summed E-state index contributed by atoms with van der Waals surface area (Å²) in [5.74, 6) is -5.20. The molecule has 2 heterocycles. The summed E-state index contributed by atoms with van der Waals surface area (Å²) in [6.07, 6.45) is -2.39. The molecule has 0 aromatic rings. The van der Waals surface area contributed by atoms with Crippen LogP contribution in [-0.4, -0.2) is 82.2 Å². The van der Waals surface area contributed by atoms with Gasteiger partial charge < -0.3 is 31.5 Å². The zero-order valence-electron chi connectivity index (χ0n) is 16.5. The van der Waals surface area contributed by atoms with E-state index < -0.39 is 42.0 Å². The van der Waals surface area contributed by atoms with Crippen molar-refractivity contribution in [3.63, 3.8) is 0 Å². The number of nitrogens with two attached hydrogens (primary N) is 1. The zero-order chi connectivity index (χ0) is 23.8. The van der Waals surface area contributed by atoms with Crippen LogP contribution in [0.1, 0.15) is 38.5 Å². The van der Waals surface area contributed by atoms with Gasteiger partial charge in [-0.05, 0) is 38.6 Å². The summed E-state index contributed by atoms with van der Waals surface area (Å²) in [6.45, 7) is 1.28. The van der Waals surface area contributed by atoms with Crippen LogP contribution in [0, 0.1) is 0 Å². The van der Waals surface area contributed by atoms with Crippen molar-refractivity contribution >= 4 is 29.7 Å². The molecule has 2 rings (SSSR count). The van der Waals surface area contributed by atoms with E-state index in [-0.39, 0.29) is 24.8 Å². The van der Waals surface area contributed by atoms with E-state index in [0.29, 0.717) is 19.4 Å². The number of likely N-dealkylation sites (tertiary alicyclic amines) is 1. The van der Waals surface area contributed by atoms with Gasteiger partial charge in [0.1, 0.15) is 12.1 Å². The summed E-state index contributed by atoms with van der Waals surface area (Å²) in [6, 6.07) is -2.11. The summed E-state index contributed by atoms with van der Waals surface area (Å²) in [5.41, 5.74) is 5.02. The second-order valence-electron chi connectivity index (χ2n) is 7.05. The van der Waals surface area contributed by atoms with Crippen LogP contribution in [0.15, 0.2) is 0 Å². The van der Waals surface area contributed by atoms with E-state index in [9.17, 15) is 32.3 Å².